The minimum atomic E-state index is -0.820. The van der Waals surface area contributed by atoms with Crippen molar-refractivity contribution in [3.63, 3.8) is 0 Å². The molecule has 3 aromatic heterocycles. The van der Waals surface area contributed by atoms with E-state index in [-0.39, 0.29) is 79.6 Å². The van der Waals surface area contributed by atoms with Crippen molar-refractivity contribution in [1.82, 2.24) is 29.2 Å². The van der Waals surface area contributed by atoms with Crippen LogP contribution in [0.15, 0.2) is 108 Å². The Morgan fingerprint density at radius 2 is 1.68 bits per heavy atom. The Bertz CT molecular complexity index is 3500. The first-order valence-corrected chi connectivity index (χ1v) is 24.6. The molecule has 0 unspecified atom stereocenters. The molecule has 3 amide bonds. The highest BCUT2D eigenvalue weighted by Gasteiger charge is 2.34. The lowest BCUT2D eigenvalue weighted by atomic mass is 9.92. The summed E-state index contributed by atoms with van der Waals surface area (Å²) in [4.78, 5) is 68.6. The van der Waals surface area contributed by atoms with Gasteiger partial charge in [0.25, 0.3) is 0 Å². The maximum Gasteiger partial charge on any atom is 0.409 e. The second-order valence-corrected chi connectivity index (χ2v) is 18.9. The van der Waals surface area contributed by atoms with Crippen molar-refractivity contribution in [1.29, 1.82) is 5.26 Å². The number of esters is 1. The number of azo groups is 1. The van der Waals surface area contributed by atoms with Crippen molar-refractivity contribution in [2.75, 3.05) is 66.1 Å². The minimum absolute atomic E-state index is 0.0258. The minimum Gasteiger partial charge on any atom is -0.507 e. The number of ether oxygens (including phenoxy) is 5. The van der Waals surface area contributed by atoms with Gasteiger partial charge in [0, 0.05) is 66.0 Å². The molecule has 4 aromatic carbocycles. The van der Waals surface area contributed by atoms with Gasteiger partial charge < -0.3 is 48.4 Å². The lowest BCUT2D eigenvalue weighted by Crippen LogP contribution is -2.52. The van der Waals surface area contributed by atoms with Gasteiger partial charge in [0.05, 0.1) is 46.9 Å². The molecule has 0 bridgehead atoms. The highest BCUT2D eigenvalue weighted by Crippen LogP contribution is 2.42. The van der Waals surface area contributed by atoms with E-state index in [1.807, 2.05) is 48.5 Å². The van der Waals surface area contributed by atoms with Crippen molar-refractivity contribution in [2.24, 2.45) is 16.1 Å². The van der Waals surface area contributed by atoms with Crippen LogP contribution >= 0.6 is 0 Å². The van der Waals surface area contributed by atoms with Gasteiger partial charge in [0.15, 0.2) is 41.4 Å². The topological polar surface area (TPSA) is 231 Å². The summed E-state index contributed by atoms with van der Waals surface area (Å²) in [6.07, 6.45) is 5.79. The van der Waals surface area contributed by atoms with E-state index in [0.717, 1.165) is 40.8 Å². The monoisotopic (exact) mass is 1030 g/mol. The molecular weight excluding hydrogens is 975 g/mol. The van der Waals surface area contributed by atoms with Crippen LogP contribution in [0.5, 0.6) is 28.7 Å². The number of fused-ring (bicyclic) bond motifs is 6. The molecule has 388 valence electrons. The number of phenolic OH excluding ortho intramolecular Hbond substituents is 1. The third kappa shape index (κ3) is 10.0. The standard InChI is InChI=1S/C55H53N11O10/c1-33-15-19-65(49(68)14-18-56)29-44(33)63(4)51-39-17-21-66(52(39)58-31-57-51)54(70)61(2)22-23-62(3)55(71)73-30-34-6-9-37(10-7-34)59-60-38-11-12-45(67)41(26-38)53(69)76-50-42-28-64-20-16-36-25-47-48(75-32-74-47)27-40(36)43(64)24-35(42)8-13-46(50)72-5/h6-13,17,21,24-28,31,33,44H,14-16,19-20,22-23,29-30,32H2,1-5H3/p+1/t33-,44+/m1/s1. The zero-order valence-corrected chi connectivity index (χ0v) is 42.5. The molecule has 21 nitrogen and oxygen atoms in total. The number of carbonyl (C=O) groups is 4. The molecule has 0 radical (unpaired) electrons. The first kappa shape index (κ1) is 50.2. The van der Waals surface area contributed by atoms with Crippen LogP contribution in [0, 0.1) is 17.2 Å². The van der Waals surface area contributed by atoms with E-state index >= 15 is 0 Å². The van der Waals surface area contributed by atoms with Crippen LogP contribution in [0.4, 0.5) is 26.8 Å². The normalized spacial score (nSPS) is 15.4. The predicted octanol–water partition coefficient (Wildman–Crippen LogP) is 7.93. The number of amides is 3. The largest absolute Gasteiger partial charge is 0.507 e. The van der Waals surface area contributed by atoms with Crippen molar-refractivity contribution < 1.29 is 52.5 Å². The molecule has 0 spiro atoms. The number of benzene rings is 4. The quantitative estimate of drug-likeness (QED) is 0.0501. The number of aromatic nitrogens is 4. The van der Waals surface area contributed by atoms with Gasteiger partial charge in [-0.05, 0) is 89.5 Å². The highest BCUT2D eigenvalue weighted by atomic mass is 16.7. The van der Waals surface area contributed by atoms with E-state index in [1.54, 1.807) is 61.6 Å². The fourth-order valence-corrected chi connectivity index (χ4v) is 9.75. The van der Waals surface area contributed by atoms with E-state index < -0.39 is 12.1 Å². The molecule has 3 aliphatic heterocycles. The highest BCUT2D eigenvalue weighted by molar-refractivity contribution is 5.99. The van der Waals surface area contributed by atoms with Crippen molar-refractivity contribution in [2.45, 2.75) is 45.4 Å². The molecule has 0 aliphatic carbocycles. The van der Waals surface area contributed by atoms with Gasteiger partial charge in [-0.2, -0.15) is 20.1 Å². The molecule has 2 atom stereocenters. The first-order valence-electron chi connectivity index (χ1n) is 24.6. The summed E-state index contributed by atoms with van der Waals surface area (Å²) < 4.78 is 32.0. The molecule has 6 heterocycles. The second-order valence-electron chi connectivity index (χ2n) is 18.9. The van der Waals surface area contributed by atoms with E-state index in [0.29, 0.717) is 64.6 Å². The number of likely N-dealkylation sites (N-methyl/N-ethyl adjacent to an activating group) is 3. The van der Waals surface area contributed by atoms with Crippen molar-refractivity contribution in [3.05, 3.63) is 114 Å². The van der Waals surface area contributed by atoms with Crippen molar-refractivity contribution >= 4 is 63.0 Å². The Morgan fingerprint density at radius 3 is 2.47 bits per heavy atom. The van der Waals surface area contributed by atoms with E-state index in [1.165, 1.54) is 46.0 Å². The van der Waals surface area contributed by atoms with Crippen LogP contribution in [0.25, 0.3) is 33.1 Å². The predicted molar refractivity (Wildman–Crippen MR) is 276 cm³/mol. The number of aryl methyl sites for hydroxylation is 2. The zero-order valence-electron chi connectivity index (χ0n) is 42.5. The fraction of sp³-hybridized carbons (Fsp3) is 0.309. The van der Waals surface area contributed by atoms with E-state index in [4.69, 9.17) is 28.9 Å². The summed E-state index contributed by atoms with van der Waals surface area (Å²) in [6.45, 7) is 4.40. The van der Waals surface area contributed by atoms with Gasteiger partial charge in [0.1, 0.15) is 36.5 Å². The SMILES string of the molecule is COc1ccc2cc3[n+](cc2c1OC(=O)c1cc(/N=N\c2ccc(COC(=O)N(C)CCN(C)C(=O)n4ccc5c(N(C)[C@H]6CN(C(=O)CC#N)CC[C@H]6C)ncnc54)cc2)ccc1O)CCc1cc2c(cc1-3)OCO2. The Balaban J connectivity index is 0.726. The molecule has 76 heavy (non-hydrogen) atoms. The molecule has 1 saturated heterocycles. The van der Waals surface area contributed by atoms with Crippen LogP contribution < -0.4 is 28.4 Å². The summed E-state index contributed by atoms with van der Waals surface area (Å²) in [7, 11) is 6.63. The molecule has 0 saturated carbocycles. The Kier molecular flexibility index (Phi) is 14.1. The van der Waals surface area contributed by atoms with Gasteiger partial charge in [-0.1, -0.05) is 19.1 Å². The number of phenols is 1. The molecule has 7 aromatic rings. The lowest BCUT2D eigenvalue weighted by molar-refractivity contribution is -0.686. The summed E-state index contributed by atoms with van der Waals surface area (Å²) >= 11 is 0. The Labute approximate surface area is 436 Å². The van der Waals surface area contributed by atoms with Gasteiger partial charge >= 0.3 is 18.1 Å². The number of hydrogen-bond donors (Lipinski definition) is 1. The van der Waals surface area contributed by atoms with E-state index in [9.17, 15) is 24.3 Å². The molecule has 3 aliphatic rings. The number of nitriles is 1. The third-order valence-corrected chi connectivity index (χ3v) is 14.2. The van der Waals surface area contributed by atoms with Crippen LogP contribution in [0.2, 0.25) is 0 Å². The number of carbonyl (C=O) groups excluding carboxylic acids is 4. The number of nitrogens with zero attached hydrogens (tertiary/aromatic N) is 11. The van der Waals surface area contributed by atoms with Crippen LogP contribution in [0.1, 0.15) is 41.3 Å². The molecular formula is C55H54N11O10+. The zero-order chi connectivity index (χ0) is 53.2. The van der Waals surface area contributed by atoms with Gasteiger partial charge in [-0.15, -0.1) is 0 Å². The number of piperidine rings is 1. The van der Waals surface area contributed by atoms with Gasteiger partial charge in [0.2, 0.25) is 18.4 Å². The molecule has 1 N–H and O–H groups in total. The molecule has 21 heteroatoms. The first-order chi connectivity index (χ1) is 36.8. The summed E-state index contributed by atoms with van der Waals surface area (Å²) in [6, 6.07) is 24.2. The summed E-state index contributed by atoms with van der Waals surface area (Å²) in [5, 5.41) is 30.6. The maximum atomic E-state index is 13.8. The maximum absolute atomic E-state index is 13.8. The number of aromatic hydroxyl groups is 1. The number of rotatable bonds is 13. The molecule has 10 rings (SSSR count). The van der Waals surface area contributed by atoms with Crippen LogP contribution in [-0.2, 0) is 29.1 Å². The molecule has 1 fully saturated rings. The number of hydrogen-bond acceptors (Lipinski definition) is 16. The van der Waals surface area contributed by atoms with Gasteiger partial charge in [-0.25, -0.2) is 24.4 Å². The number of likely N-dealkylation sites (tertiary alicyclic amines) is 1. The summed E-state index contributed by atoms with van der Waals surface area (Å²) in [5.41, 5.74) is 4.92. The Hall–Kier alpha value is -9.32. The number of anilines is 1. The average Bonchev–Trinajstić information content (AvgIpc) is 4.10. The van der Waals surface area contributed by atoms with Crippen LogP contribution in [-0.4, -0.2) is 126 Å². The van der Waals surface area contributed by atoms with Crippen LogP contribution in [0.3, 0.4) is 0 Å². The smallest absolute Gasteiger partial charge is 0.409 e. The lowest BCUT2D eigenvalue weighted by Gasteiger charge is -2.42. The van der Waals surface area contributed by atoms with E-state index in [2.05, 4.69) is 31.7 Å². The second kappa shape index (κ2) is 21.3. The van der Waals surface area contributed by atoms with Crippen molar-refractivity contribution in [3.8, 4) is 46.1 Å². The third-order valence-electron chi connectivity index (χ3n) is 14.2. The number of pyridine rings is 1. The fourth-order valence-electron chi connectivity index (χ4n) is 9.75. The van der Waals surface area contributed by atoms with Gasteiger partial charge in [-0.3, -0.25) is 9.36 Å². The number of methoxy groups -OCH3 is 1. The average molecular weight is 1030 g/mol. The summed E-state index contributed by atoms with van der Waals surface area (Å²) in [5.74, 6) is 1.53. The Morgan fingerprint density at radius 1 is 0.921 bits per heavy atom.